The van der Waals surface area contributed by atoms with Crippen molar-refractivity contribution in [3.8, 4) is 0 Å². The number of ether oxygens (including phenoxy) is 2. The summed E-state index contributed by atoms with van der Waals surface area (Å²) in [6, 6.07) is -0.839. The van der Waals surface area contributed by atoms with Crippen molar-refractivity contribution in [2.75, 3.05) is 45.3 Å². The van der Waals surface area contributed by atoms with Crippen LogP contribution in [0, 0.1) is 91.2 Å². The summed E-state index contributed by atoms with van der Waals surface area (Å²) in [4.78, 5) is 45.9. The summed E-state index contributed by atoms with van der Waals surface area (Å²) >= 11 is 0. The molecule has 81 heavy (non-hydrogen) atoms. The van der Waals surface area contributed by atoms with Gasteiger partial charge >= 0.3 is 5.97 Å². The number of nitrogens with two attached hydrogens (primary N) is 1. The highest BCUT2D eigenvalue weighted by molar-refractivity contribution is 5.87. The van der Waals surface area contributed by atoms with Gasteiger partial charge in [0, 0.05) is 48.8 Å². The summed E-state index contributed by atoms with van der Waals surface area (Å²) in [7, 11) is 1.71. The van der Waals surface area contributed by atoms with Gasteiger partial charge in [0.05, 0.1) is 72.2 Å². The molecule has 5 heterocycles. The Morgan fingerprint density at radius 3 is 2.36 bits per heavy atom. The minimum Gasteiger partial charge on any atom is -0.481 e. The first-order valence-electron chi connectivity index (χ1n) is 30.1. The zero-order valence-corrected chi connectivity index (χ0v) is 47.8. The van der Waals surface area contributed by atoms with Crippen LogP contribution in [0.2, 0.25) is 0 Å². The lowest BCUT2D eigenvalue weighted by atomic mass is 9.28. The number of nitrogens with one attached hydrogen (secondary N) is 5. The fraction of sp³-hybridized carbons (Fsp3) is 0.800. The lowest BCUT2D eigenvalue weighted by Gasteiger charge is -2.76. The molecule has 2 aromatic rings. The molecule has 21 nitrogen and oxygen atoms in total. The number of carbonyl (C=O) groups is 2. The predicted molar refractivity (Wildman–Crippen MR) is 294 cm³/mol. The molecule has 12 rings (SSSR count). The molecule has 25 unspecified atom stereocenters. The molecule has 1 spiro atoms. The molecule has 10 aliphatic rings. The van der Waals surface area contributed by atoms with E-state index >= 15 is 4.79 Å². The molecule has 5 saturated carbocycles. The molecule has 0 radical (unpaired) electrons. The first-order valence-corrected chi connectivity index (χ1v) is 30.1. The molecule has 7 aliphatic carbocycles. The van der Waals surface area contributed by atoms with Crippen molar-refractivity contribution in [1.82, 2.24) is 30.6 Å². The fourth-order valence-electron chi connectivity index (χ4n) is 21.5. The topological polar surface area (TPSA) is 354 Å². The zero-order chi connectivity index (χ0) is 57.8. The summed E-state index contributed by atoms with van der Waals surface area (Å²) in [5, 5.41) is 117. The van der Waals surface area contributed by atoms with Gasteiger partial charge in [-0.25, -0.2) is 9.97 Å². The Labute approximate surface area is 473 Å². The van der Waals surface area contributed by atoms with Crippen LogP contribution in [0.3, 0.4) is 0 Å². The summed E-state index contributed by atoms with van der Waals surface area (Å²) in [5.74, 6) is -4.93. The standard InChI is InChI=1S/C60H90N8O13/c1-53(25-69)17-18-59(52(78)79)33(20-53)31-9-10-38-55(3,57(31,5)32-19-35-49(67-28-65-35)64-22-34(32)59)15-12-37-54(2,26-70)47(81-50-44(74)42(72)36(71)24-80-50)43(73)40(56(37,38)4)29-11-16-60(39-23-63-27-66-39,46(75)30(21-62-6)48(61)76)45-41(29)58(51(77)68-45)13-7-8-14-58/h9,11,16,23,27-30,32-34,36-38,40-48,50,62,64,69-76H,7-8,10,12-15,17-22,24-26,61H2,1-6H3,(H,63,66)(H,65,67)(H,68,77)(H,78,79). The number of imidazole rings is 2. The molecule has 21 heteroatoms. The van der Waals surface area contributed by atoms with E-state index in [1.54, 1.807) is 19.6 Å². The average molecular weight is 1130 g/mol. The number of H-pyrrole nitrogens is 2. The van der Waals surface area contributed by atoms with E-state index in [2.05, 4.69) is 70.7 Å². The molecule has 2 saturated heterocycles. The summed E-state index contributed by atoms with van der Waals surface area (Å²) in [6.45, 7) is 10.7. The van der Waals surface area contributed by atoms with E-state index in [9.17, 15) is 50.8 Å². The number of rotatable bonds is 12. The monoisotopic (exact) mass is 1130 g/mol. The third kappa shape index (κ3) is 7.57. The molecule has 3 aliphatic heterocycles. The van der Waals surface area contributed by atoms with Crippen LogP contribution < -0.4 is 21.7 Å². The number of carbonyl (C=O) groups excluding carboxylic acids is 1. The third-order valence-electron chi connectivity index (χ3n) is 25.5. The van der Waals surface area contributed by atoms with E-state index in [4.69, 9.17) is 20.2 Å². The SMILES string of the molecule is CNCC(C(N)O)C(O)C1(c2cnc[nH]2)C=CC(C2C(O)C(OC3OCC(O)C(O)C3O)C(C)(CO)C3CCC4(C)C(CC=C5C6CC(C)(CO)CCC6(C(=O)O)C6CNc7nc[nH]c7CC6C54C)C23C)C2C1NC(=O)C21CCCC1. The van der Waals surface area contributed by atoms with Crippen LogP contribution >= 0.6 is 0 Å². The molecule has 0 bridgehead atoms. The van der Waals surface area contributed by atoms with Crippen molar-refractivity contribution in [1.29, 1.82) is 0 Å². The van der Waals surface area contributed by atoms with Crippen molar-refractivity contribution in [3.63, 3.8) is 0 Å². The number of allylic oxidation sites excluding steroid dienone is 3. The van der Waals surface area contributed by atoms with Crippen LogP contribution in [0.4, 0.5) is 5.82 Å². The van der Waals surface area contributed by atoms with E-state index in [1.807, 2.05) is 13.0 Å². The van der Waals surface area contributed by atoms with E-state index in [-0.39, 0.29) is 43.4 Å². The number of carboxylic acid groups (broad SMARTS) is 1. The maximum absolute atomic E-state index is 15.5. The summed E-state index contributed by atoms with van der Waals surface area (Å²) in [6.07, 6.45) is 5.68. The Kier molecular flexibility index (Phi) is 14.1. The van der Waals surface area contributed by atoms with Gasteiger partial charge in [0.1, 0.15) is 30.4 Å². The number of anilines is 1. The molecule has 7 fully saturated rings. The second kappa shape index (κ2) is 19.9. The summed E-state index contributed by atoms with van der Waals surface area (Å²) in [5.41, 5.74) is 1.30. The second-order valence-corrected chi connectivity index (χ2v) is 28.4. The Bertz CT molecular complexity index is 2770. The molecule has 448 valence electrons. The van der Waals surface area contributed by atoms with Gasteiger partial charge < -0.3 is 87.1 Å². The second-order valence-electron chi connectivity index (χ2n) is 28.4. The quantitative estimate of drug-likeness (QED) is 0.0817. The Hall–Kier alpha value is -3.84. The van der Waals surface area contributed by atoms with Gasteiger partial charge in [0.15, 0.2) is 6.29 Å². The average Bonchev–Trinajstić information content (AvgIpc) is 1.82. The van der Waals surface area contributed by atoms with Crippen molar-refractivity contribution in [2.24, 2.45) is 96.9 Å². The number of hydrogen-bond acceptors (Lipinski definition) is 17. The molecular formula is C60H90N8O13. The van der Waals surface area contributed by atoms with Crippen LogP contribution in [-0.2, 0) is 30.9 Å². The molecule has 16 N–H and O–H groups in total. The van der Waals surface area contributed by atoms with E-state index in [0.717, 1.165) is 24.1 Å². The van der Waals surface area contributed by atoms with Gasteiger partial charge in [-0.1, -0.05) is 71.3 Å². The summed E-state index contributed by atoms with van der Waals surface area (Å²) < 4.78 is 12.9. The number of fused-ring (bicyclic) bond motifs is 13. The van der Waals surface area contributed by atoms with E-state index < -0.39 is 147 Å². The Morgan fingerprint density at radius 1 is 0.938 bits per heavy atom. The number of aliphatic hydroxyl groups excluding tert-OH is 8. The Morgan fingerprint density at radius 2 is 1.69 bits per heavy atom. The van der Waals surface area contributed by atoms with Crippen molar-refractivity contribution in [3.05, 3.63) is 54.0 Å². The minimum absolute atomic E-state index is 0.0771. The first kappa shape index (κ1) is 57.6. The van der Waals surface area contributed by atoms with Gasteiger partial charge in [0.25, 0.3) is 0 Å². The number of amides is 1. The lowest BCUT2D eigenvalue weighted by molar-refractivity contribution is -0.344. The highest BCUT2D eigenvalue weighted by Gasteiger charge is 2.79. The van der Waals surface area contributed by atoms with Crippen molar-refractivity contribution < 1.29 is 65.0 Å². The Balaban J connectivity index is 1.09. The predicted octanol–water partition coefficient (Wildman–Crippen LogP) is 1.68. The van der Waals surface area contributed by atoms with E-state index in [0.29, 0.717) is 75.8 Å². The van der Waals surface area contributed by atoms with Crippen LogP contribution in [0.1, 0.15) is 110 Å². The minimum atomic E-state index is -1.71. The molecule has 2 aromatic heterocycles. The number of carboxylic acids is 1. The zero-order valence-electron chi connectivity index (χ0n) is 47.8. The first-order chi connectivity index (χ1) is 38.4. The highest BCUT2D eigenvalue weighted by Crippen LogP contribution is 2.80. The molecule has 25 atom stereocenters. The third-order valence-corrected chi connectivity index (χ3v) is 25.5. The van der Waals surface area contributed by atoms with Crippen LogP contribution in [-0.4, -0.2) is 173 Å². The maximum atomic E-state index is 15.5. The smallest absolute Gasteiger partial charge is 0.310 e. The fourth-order valence-corrected chi connectivity index (χ4v) is 21.5. The van der Waals surface area contributed by atoms with Gasteiger partial charge in [-0.05, 0) is 128 Å². The van der Waals surface area contributed by atoms with Crippen LogP contribution in [0.25, 0.3) is 0 Å². The normalized spacial score (nSPS) is 48.8. The van der Waals surface area contributed by atoms with Gasteiger partial charge in [-0.2, -0.15) is 0 Å². The van der Waals surface area contributed by atoms with Crippen LogP contribution in [0.15, 0.2) is 42.7 Å². The van der Waals surface area contributed by atoms with Gasteiger partial charge in [-0.3, -0.25) is 9.59 Å². The van der Waals surface area contributed by atoms with Gasteiger partial charge in [0.2, 0.25) is 5.91 Å². The molecule has 0 aromatic carbocycles. The van der Waals surface area contributed by atoms with Crippen molar-refractivity contribution in [2.45, 2.75) is 166 Å². The maximum Gasteiger partial charge on any atom is 0.310 e. The number of nitrogens with zero attached hydrogens (tertiary/aromatic N) is 2. The number of aromatic nitrogens is 4. The number of hydrogen-bond donors (Lipinski definition) is 15. The molecule has 1 amide bonds. The number of aliphatic carboxylic acids is 1. The van der Waals surface area contributed by atoms with Crippen LogP contribution in [0.5, 0.6) is 0 Å². The highest BCUT2D eigenvalue weighted by atomic mass is 16.7. The van der Waals surface area contributed by atoms with E-state index in [1.165, 1.54) is 6.33 Å². The largest absolute Gasteiger partial charge is 0.481 e. The number of aromatic amines is 2. The van der Waals surface area contributed by atoms with Gasteiger partial charge in [-0.15, -0.1) is 0 Å². The molecular weight excluding hydrogens is 1040 g/mol. The van der Waals surface area contributed by atoms with Crippen molar-refractivity contribution >= 4 is 17.7 Å². The lowest BCUT2D eigenvalue weighted by Crippen LogP contribution is -2.75. The number of aliphatic hydroxyl groups is 8.